The molecule has 0 bridgehead atoms. The van der Waals surface area contributed by atoms with Crippen LogP contribution in [-0.2, 0) is 12.8 Å². The van der Waals surface area contributed by atoms with Crippen LogP contribution in [0, 0.1) is 6.92 Å². The second-order valence-corrected chi connectivity index (χ2v) is 6.47. The number of anilines is 2. The van der Waals surface area contributed by atoms with Crippen molar-refractivity contribution in [3.8, 4) is 11.3 Å². The van der Waals surface area contributed by atoms with Crippen molar-refractivity contribution in [1.82, 2.24) is 4.98 Å². The standard InChI is InChI=1S/C18H16N2S/c1-12-6-2-5-9-15(12)19-18-20-17-14-8-4-3-7-13(14)10-11-16(17)21-18/h2-9H,10-11H2,1H3,(H,19,20). The monoisotopic (exact) mass is 292 g/mol. The first-order valence-electron chi connectivity index (χ1n) is 7.22. The van der Waals surface area contributed by atoms with E-state index >= 15 is 0 Å². The molecule has 104 valence electrons. The van der Waals surface area contributed by atoms with E-state index in [0.717, 1.165) is 29.4 Å². The van der Waals surface area contributed by atoms with Gasteiger partial charge in [0.05, 0.1) is 5.69 Å². The highest BCUT2D eigenvalue weighted by Crippen LogP contribution is 2.38. The summed E-state index contributed by atoms with van der Waals surface area (Å²) in [6.07, 6.45) is 2.22. The van der Waals surface area contributed by atoms with Gasteiger partial charge in [0.2, 0.25) is 0 Å². The second kappa shape index (κ2) is 5.01. The molecule has 0 spiro atoms. The molecule has 3 heteroatoms. The lowest BCUT2D eigenvalue weighted by Crippen LogP contribution is -2.01. The number of thiazole rings is 1. The van der Waals surface area contributed by atoms with Crippen molar-refractivity contribution in [1.29, 1.82) is 0 Å². The normalized spacial score (nSPS) is 12.6. The lowest BCUT2D eigenvalue weighted by atomic mass is 9.94. The van der Waals surface area contributed by atoms with Gasteiger partial charge in [0.15, 0.2) is 5.13 Å². The maximum atomic E-state index is 4.84. The minimum absolute atomic E-state index is 0.992. The summed E-state index contributed by atoms with van der Waals surface area (Å²) < 4.78 is 0. The molecule has 1 heterocycles. The van der Waals surface area contributed by atoms with Crippen LogP contribution >= 0.6 is 11.3 Å². The number of nitrogens with one attached hydrogen (secondary N) is 1. The fourth-order valence-electron chi connectivity index (χ4n) is 2.83. The highest BCUT2D eigenvalue weighted by atomic mass is 32.1. The Labute approximate surface area is 128 Å². The largest absolute Gasteiger partial charge is 0.331 e. The Balaban J connectivity index is 1.72. The SMILES string of the molecule is Cc1ccccc1Nc1nc2c(s1)CCc1ccccc1-2. The van der Waals surface area contributed by atoms with Crippen LogP contribution in [-0.4, -0.2) is 4.98 Å². The van der Waals surface area contributed by atoms with E-state index in [1.807, 2.05) is 0 Å². The summed E-state index contributed by atoms with van der Waals surface area (Å²) in [6.45, 7) is 2.12. The van der Waals surface area contributed by atoms with Gasteiger partial charge in [-0.1, -0.05) is 42.5 Å². The molecule has 4 rings (SSSR count). The summed E-state index contributed by atoms with van der Waals surface area (Å²) in [5.74, 6) is 0. The molecule has 3 aromatic rings. The predicted octanol–water partition coefficient (Wildman–Crippen LogP) is 4.96. The maximum Gasteiger partial charge on any atom is 0.187 e. The van der Waals surface area contributed by atoms with Crippen LogP contribution in [0.25, 0.3) is 11.3 Å². The van der Waals surface area contributed by atoms with Gasteiger partial charge in [0, 0.05) is 16.1 Å². The highest BCUT2D eigenvalue weighted by Gasteiger charge is 2.20. The molecular weight excluding hydrogens is 276 g/mol. The number of aromatic nitrogens is 1. The first-order chi connectivity index (χ1) is 10.3. The molecule has 2 nitrogen and oxygen atoms in total. The number of nitrogens with zero attached hydrogens (tertiary/aromatic N) is 1. The summed E-state index contributed by atoms with van der Waals surface area (Å²) in [7, 11) is 0. The zero-order valence-corrected chi connectivity index (χ0v) is 12.7. The van der Waals surface area contributed by atoms with Gasteiger partial charge in [-0.05, 0) is 37.0 Å². The third kappa shape index (κ3) is 2.24. The summed E-state index contributed by atoms with van der Waals surface area (Å²) >= 11 is 1.78. The predicted molar refractivity (Wildman–Crippen MR) is 89.4 cm³/mol. The molecule has 0 fully saturated rings. The van der Waals surface area contributed by atoms with Crippen LogP contribution < -0.4 is 5.32 Å². The van der Waals surface area contributed by atoms with E-state index in [2.05, 4.69) is 60.8 Å². The Bertz CT molecular complexity index is 804. The molecule has 21 heavy (non-hydrogen) atoms. The summed E-state index contributed by atoms with van der Waals surface area (Å²) in [5.41, 5.74) is 6.26. The van der Waals surface area contributed by atoms with Crippen LogP contribution in [0.5, 0.6) is 0 Å². The zero-order chi connectivity index (χ0) is 14.2. The first-order valence-corrected chi connectivity index (χ1v) is 8.03. The molecule has 0 aliphatic heterocycles. The van der Waals surface area contributed by atoms with Crippen LogP contribution in [0.3, 0.4) is 0 Å². The number of benzene rings is 2. The summed E-state index contributed by atoms with van der Waals surface area (Å²) in [5, 5.41) is 4.46. The molecule has 1 aliphatic rings. The van der Waals surface area contributed by atoms with Gasteiger partial charge in [0.1, 0.15) is 0 Å². The topological polar surface area (TPSA) is 24.9 Å². The van der Waals surface area contributed by atoms with Gasteiger partial charge in [-0.3, -0.25) is 0 Å². The number of fused-ring (bicyclic) bond motifs is 3. The molecular formula is C18H16N2S. The van der Waals surface area contributed by atoms with Crippen LogP contribution in [0.2, 0.25) is 0 Å². The lowest BCUT2D eigenvalue weighted by molar-refractivity contribution is 0.955. The molecule has 0 saturated carbocycles. The van der Waals surface area contributed by atoms with Crippen molar-refractivity contribution in [2.75, 3.05) is 5.32 Å². The minimum atomic E-state index is 0.992. The van der Waals surface area contributed by atoms with E-state index in [1.165, 1.54) is 21.6 Å². The first kappa shape index (κ1) is 12.6. The third-order valence-electron chi connectivity index (χ3n) is 3.98. The van der Waals surface area contributed by atoms with Crippen LogP contribution in [0.15, 0.2) is 48.5 Å². The van der Waals surface area contributed by atoms with Gasteiger partial charge < -0.3 is 5.32 Å². The number of aryl methyl sites for hydroxylation is 3. The van der Waals surface area contributed by atoms with Crippen molar-refractivity contribution >= 4 is 22.2 Å². The molecule has 0 unspecified atom stereocenters. The van der Waals surface area contributed by atoms with Crippen LogP contribution in [0.4, 0.5) is 10.8 Å². The fourth-order valence-corrected chi connectivity index (χ4v) is 3.82. The quantitative estimate of drug-likeness (QED) is 0.722. The van der Waals surface area contributed by atoms with Crippen LogP contribution in [0.1, 0.15) is 16.0 Å². The number of para-hydroxylation sites is 1. The average molecular weight is 292 g/mol. The Morgan fingerprint density at radius 2 is 1.81 bits per heavy atom. The van der Waals surface area contributed by atoms with Crippen molar-refractivity contribution in [3.05, 3.63) is 64.5 Å². The Morgan fingerprint density at radius 1 is 1.00 bits per heavy atom. The van der Waals surface area contributed by atoms with E-state index in [9.17, 15) is 0 Å². The number of rotatable bonds is 2. The third-order valence-corrected chi connectivity index (χ3v) is 5.01. The second-order valence-electron chi connectivity index (χ2n) is 5.39. The van der Waals surface area contributed by atoms with E-state index < -0.39 is 0 Å². The number of hydrogen-bond acceptors (Lipinski definition) is 3. The molecule has 0 saturated heterocycles. The molecule has 0 amide bonds. The number of hydrogen-bond donors (Lipinski definition) is 1. The maximum absolute atomic E-state index is 4.84. The Morgan fingerprint density at radius 3 is 2.71 bits per heavy atom. The van der Waals surface area contributed by atoms with Gasteiger partial charge >= 0.3 is 0 Å². The van der Waals surface area contributed by atoms with E-state index in [4.69, 9.17) is 4.98 Å². The molecule has 1 aliphatic carbocycles. The summed E-state index contributed by atoms with van der Waals surface area (Å²) in [6, 6.07) is 16.9. The van der Waals surface area contributed by atoms with Gasteiger partial charge in [0.25, 0.3) is 0 Å². The molecule has 0 atom stereocenters. The van der Waals surface area contributed by atoms with Crippen molar-refractivity contribution in [3.63, 3.8) is 0 Å². The lowest BCUT2D eigenvalue weighted by Gasteiger charge is -2.13. The zero-order valence-electron chi connectivity index (χ0n) is 11.9. The van der Waals surface area contributed by atoms with Gasteiger partial charge in [-0.15, -0.1) is 11.3 Å². The van der Waals surface area contributed by atoms with Crippen molar-refractivity contribution in [2.24, 2.45) is 0 Å². The van der Waals surface area contributed by atoms with E-state index in [-0.39, 0.29) is 0 Å². The van der Waals surface area contributed by atoms with E-state index in [1.54, 1.807) is 11.3 Å². The minimum Gasteiger partial charge on any atom is -0.331 e. The molecule has 1 aromatic heterocycles. The van der Waals surface area contributed by atoms with Crippen molar-refractivity contribution < 1.29 is 0 Å². The fraction of sp³-hybridized carbons (Fsp3) is 0.167. The highest BCUT2D eigenvalue weighted by molar-refractivity contribution is 7.16. The average Bonchev–Trinajstić information content (AvgIpc) is 2.93. The van der Waals surface area contributed by atoms with Gasteiger partial charge in [-0.25, -0.2) is 4.98 Å². The summed E-state index contributed by atoms with van der Waals surface area (Å²) in [4.78, 5) is 6.23. The van der Waals surface area contributed by atoms with Gasteiger partial charge in [-0.2, -0.15) is 0 Å². The Hall–Kier alpha value is -2.13. The Kier molecular flexibility index (Phi) is 3.00. The molecule has 1 N–H and O–H groups in total. The molecule has 2 aromatic carbocycles. The smallest absolute Gasteiger partial charge is 0.187 e. The van der Waals surface area contributed by atoms with E-state index in [0.29, 0.717) is 0 Å². The van der Waals surface area contributed by atoms with Crippen molar-refractivity contribution in [2.45, 2.75) is 19.8 Å². The molecule has 0 radical (unpaired) electrons.